The van der Waals surface area contributed by atoms with E-state index in [0.717, 1.165) is 27.8 Å². The molecule has 4 rings (SSSR count). The number of nitrogens with one attached hydrogen (secondary N) is 2. The van der Waals surface area contributed by atoms with Crippen LogP contribution in [0.2, 0.25) is 5.02 Å². The quantitative estimate of drug-likeness (QED) is 0.735. The molecule has 0 radical (unpaired) electrons. The summed E-state index contributed by atoms with van der Waals surface area (Å²) in [6, 6.07) is 10.8. The van der Waals surface area contributed by atoms with E-state index >= 15 is 0 Å². The molecule has 1 saturated heterocycles. The molecule has 104 valence electrons. The van der Waals surface area contributed by atoms with Gasteiger partial charge >= 0.3 is 6.03 Å². The van der Waals surface area contributed by atoms with Crippen molar-refractivity contribution in [1.82, 2.24) is 10.6 Å². The number of imide groups is 1. The minimum absolute atomic E-state index is 0.361. The van der Waals surface area contributed by atoms with Crippen LogP contribution in [0, 0.1) is 6.92 Å². The lowest BCUT2D eigenvalue weighted by Crippen LogP contribution is -2.43. The smallest absolute Gasteiger partial charge is 0.316 e. The third kappa shape index (κ3) is 1.45. The fourth-order valence-electron chi connectivity index (χ4n) is 3.24. The molecule has 0 aromatic heterocycles. The second kappa shape index (κ2) is 3.86. The zero-order valence-corrected chi connectivity index (χ0v) is 11.9. The van der Waals surface area contributed by atoms with E-state index in [1.807, 2.05) is 31.2 Å². The van der Waals surface area contributed by atoms with Gasteiger partial charge in [0, 0.05) is 10.6 Å². The van der Waals surface area contributed by atoms with Crippen molar-refractivity contribution < 1.29 is 9.59 Å². The van der Waals surface area contributed by atoms with Gasteiger partial charge in [-0.15, -0.1) is 0 Å². The largest absolute Gasteiger partial charge is 0.322 e. The number of rotatable bonds is 0. The van der Waals surface area contributed by atoms with E-state index in [2.05, 4.69) is 10.6 Å². The Labute approximate surface area is 126 Å². The lowest BCUT2D eigenvalue weighted by Gasteiger charge is -2.23. The molecule has 1 aliphatic heterocycles. The molecular weight excluding hydrogens is 288 g/mol. The molecule has 21 heavy (non-hydrogen) atoms. The van der Waals surface area contributed by atoms with Gasteiger partial charge in [-0.2, -0.15) is 0 Å². The number of halogens is 1. The Bertz CT molecular complexity index is 778. The van der Waals surface area contributed by atoms with Gasteiger partial charge in [0.15, 0.2) is 5.54 Å². The fraction of sp³-hybridized carbons (Fsp3) is 0.125. The number of carbonyl (C=O) groups excluding carboxylic acids is 2. The number of urea groups is 1. The number of carbonyl (C=O) groups is 2. The van der Waals surface area contributed by atoms with Gasteiger partial charge in [-0.1, -0.05) is 41.4 Å². The third-order valence-electron chi connectivity index (χ3n) is 4.12. The molecule has 1 heterocycles. The van der Waals surface area contributed by atoms with E-state index in [9.17, 15) is 9.59 Å². The van der Waals surface area contributed by atoms with E-state index < -0.39 is 11.6 Å². The van der Waals surface area contributed by atoms with E-state index in [4.69, 9.17) is 11.6 Å². The lowest BCUT2D eigenvalue weighted by molar-refractivity contribution is -0.122. The Balaban J connectivity index is 2.12. The third-order valence-corrected chi connectivity index (χ3v) is 4.36. The maximum atomic E-state index is 12.5. The first-order valence-corrected chi connectivity index (χ1v) is 6.95. The Hall–Kier alpha value is -2.33. The molecule has 1 unspecified atom stereocenters. The second-order valence-electron chi connectivity index (χ2n) is 5.40. The van der Waals surface area contributed by atoms with Crippen molar-refractivity contribution in [2.45, 2.75) is 12.5 Å². The first kappa shape index (κ1) is 12.4. The van der Waals surface area contributed by atoms with Gasteiger partial charge in [0.05, 0.1) is 0 Å². The molecule has 1 aliphatic carbocycles. The normalized spacial score (nSPS) is 22.0. The Morgan fingerprint density at radius 2 is 1.67 bits per heavy atom. The summed E-state index contributed by atoms with van der Waals surface area (Å²) in [4.78, 5) is 24.2. The van der Waals surface area contributed by atoms with Gasteiger partial charge in [0.1, 0.15) is 0 Å². The van der Waals surface area contributed by atoms with Crippen LogP contribution >= 0.6 is 11.6 Å². The average molecular weight is 299 g/mol. The van der Waals surface area contributed by atoms with Crippen molar-refractivity contribution in [1.29, 1.82) is 0 Å². The van der Waals surface area contributed by atoms with E-state index in [1.54, 1.807) is 12.1 Å². The average Bonchev–Trinajstić information content (AvgIpc) is 2.87. The van der Waals surface area contributed by atoms with Crippen molar-refractivity contribution in [3.05, 3.63) is 58.1 Å². The lowest BCUT2D eigenvalue weighted by atomic mass is 9.87. The van der Waals surface area contributed by atoms with Gasteiger partial charge in [-0.3, -0.25) is 10.1 Å². The van der Waals surface area contributed by atoms with E-state index in [-0.39, 0.29) is 5.91 Å². The molecule has 1 atom stereocenters. The maximum Gasteiger partial charge on any atom is 0.322 e. The van der Waals surface area contributed by atoms with Crippen molar-refractivity contribution in [2.75, 3.05) is 0 Å². The number of amides is 3. The minimum Gasteiger partial charge on any atom is -0.316 e. The van der Waals surface area contributed by atoms with Crippen LogP contribution in [-0.2, 0) is 10.3 Å². The van der Waals surface area contributed by atoms with Gasteiger partial charge < -0.3 is 5.32 Å². The van der Waals surface area contributed by atoms with Crippen LogP contribution in [0.1, 0.15) is 16.7 Å². The summed E-state index contributed by atoms with van der Waals surface area (Å²) < 4.78 is 0. The van der Waals surface area contributed by atoms with Gasteiger partial charge in [0.2, 0.25) is 0 Å². The van der Waals surface area contributed by atoms with E-state index in [0.29, 0.717) is 5.02 Å². The van der Waals surface area contributed by atoms with E-state index in [1.165, 1.54) is 0 Å². The highest BCUT2D eigenvalue weighted by Gasteiger charge is 2.54. The van der Waals surface area contributed by atoms with Crippen LogP contribution < -0.4 is 10.6 Å². The molecule has 4 nitrogen and oxygen atoms in total. The highest BCUT2D eigenvalue weighted by molar-refractivity contribution is 6.31. The molecule has 2 aromatic rings. The summed E-state index contributed by atoms with van der Waals surface area (Å²) in [5, 5.41) is 5.66. The van der Waals surface area contributed by atoms with Crippen LogP contribution in [0.3, 0.4) is 0 Å². The topological polar surface area (TPSA) is 58.2 Å². The minimum atomic E-state index is -1.17. The molecule has 2 aromatic carbocycles. The molecule has 0 bridgehead atoms. The highest BCUT2D eigenvalue weighted by Crippen LogP contribution is 2.49. The summed E-state index contributed by atoms with van der Waals surface area (Å²) in [6.07, 6.45) is 0. The molecule has 2 aliphatic rings. The van der Waals surface area contributed by atoms with Crippen molar-refractivity contribution >= 4 is 23.5 Å². The summed E-state index contributed by atoms with van der Waals surface area (Å²) in [6.45, 7) is 1.96. The van der Waals surface area contributed by atoms with Crippen LogP contribution in [0.25, 0.3) is 11.1 Å². The van der Waals surface area contributed by atoms with Crippen LogP contribution in [0.15, 0.2) is 36.4 Å². The number of benzene rings is 2. The van der Waals surface area contributed by atoms with Gasteiger partial charge in [0.25, 0.3) is 5.91 Å². The van der Waals surface area contributed by atoms with Crippen molar-refractivity contribution in [2.24, 2.45) is 0 Å². The molecule has 1 spiro atoms. The highest BCUT2D eigenvalue weighted by atomic mass is 35.5. The van der Waals surface area contributed by atoms with Gasteiger partial charge in [-0.05, 0) is 35.7 Å². The number of hydrogen-bond acceptors (Lipinski definition) is 2. The monoisotopic (exact) mass is 298 g/mol. The summed E-state index contributed by atoms with van der Waals surface area (Å²) in [5.74, 6) is -0.361. The number of aryl methyl sites for hydroxylation is 1. The first-order valence-electron chi connectivity index (χ1n) is 6.57. The Morgan fingerprint density at radius 3 is 2.33 bits per heavy atom. The molecule has 3 amide bonds. The Kier molecular flexibility index (Phi) is 2.28. The SMILES string of the molecule is Cc1ccc2c(c1)C1(NC(=O)NC1=O)c1cc(Cl)ccc1-2. The first-order chi connectivity index (χ1) is 10.0. The Morgan fingerprint density at radius 1 is 1.00 bits per heavy atom. The predicted molar refractivity (Wildman–Crippen MR) is 79.1 cm³/mol. The molecule has 0 saturated carbocycles. The molecule has 2 N–H and O–H groups in total. The van der Waals surface area contributed by atoms with Crippen LogP contribution in [-0.4, -0.2) is 11.9 Å². The summed E-state index contributed by atoms with van der Waals surface area (Å²) in [7, 11) is 0. The standard InChI is InChI=1S/C16H11ClN2O2/c1-8-2-4-10-11-5-3-9(17)7-13(11)16(12(10)6-8)14(20)18-15(21)19-16/h2-7H,1H3,(H2,18,19,20,21). The fourth-order valence-corrected chi connectivity index (χ4v) is 3.42. The maximum absolute atomic E-state index is 12.5. The molecule has 5 heteroatoms. The van der Waals surface area contributed by atoms with Crippen molar-refractivity contribution in [3.63, 3.8) is 0 Å². The van der Waals surface area contributed by atoms with Crippen molar-refractivity contribution in [3.8, 4) is 11.1 Å². The second-order valence-corrected chi connectivity index (χ2v) is 5.83. The number of fused-ring (bicyclic) bond motifs is 5. The molecular formula is C16H11ClN2O2. The number of hydrogen-bond donors (Lipinski definition) is 2. The van der Waals surface area contributed by atoms with Gasteiger partial charge in [-0.25, -0.2) is 4.79 Å². The van der Waals surface area contributed by atoms with Crippen LogP contribution in [0.4, 0.5) is 4.79 Å². The zero-order valence-electron chi connectivity index (χ0n) is 11.2. The molecule has 1 fully saturated rings. The van der Waals surface area contributed by atoms with Crippen LogP contribution in [0.5, 0.6) is 0 Å². The zero-order chi connectivity index (χ0) is 14.8. The summed E-state index contributed by atoms with van der Waals surface area (Å²) >= 11 is 6.10. The summed E-state index contributed by atoms with van der Waals surface area (Å²) in [5.41, 5.74) is 3.25. The predicted octanol–water partition coefficient (Wildman–Crippen LogP) is 2.71.